The minimum absolute atomic E-state index is 0. The van der Waals surface area contributed by atoms with E-state index in [2.05, 4.69) is 31.3 Å². The van der Waals surface area contributed by atoms with Gasteiger partial charge in [0.15, 0.2) is 11.4 Å². The van der Waals surface area contributed by atoms with Crippen molar-refractivity contribution < 1.29 is 56.5 Å². The van der Waals surface area contributed by atoms with Gasteiger partial charge in [-0.05, 0) is 87.8 Å². The van der Waals surface area contributed by atoms with Gasteiger partial charge in [-0.1, -0.05) is 17.9 Å². The number of anilines is 4. The van der Waals surface area contributed by atoms with E-state index in [0.717, 1.165) is 25.7 Å². The number of halogens is 2. The molecule has 6 heterocycles. The molecule has 4 amide bonds. The van der Waals surface area contributed by atoms with Gasteiger partial charge in [0.2, 0.25) is 11.8 Å². The van der Waals surface area contributed by atoms with Crippen LogP contribution in [0.25, 0.3) is 0 Å². The maximum atomic E-state index is 15.0. The van der Waals surface area contributed by atoms with Gasteiger partial charge >= 0.3 is 24.1 Å². The fourth-order valence-corrected chi connectivity index (χ4v) is 8.70. The zero-order valence-electron chi connectivity index (χ0n) is 39.6. The summed E-state index contributed by atoms with van der Waals surface area (Å²) in [6.07, 6.45) is 4.16. The molecule has 71 heavy (non-hydrogen) atoms. The maximum absolute atomic E-state index is 15.0. The maximum Gasteiger partial charge on any atom is 0.414 e. The van der Waals surface area contributed by atoms with E-state index in [1.807, 2.05) is 9.80 Å². The van der Waals surface area contributed by atoms with Gasteiger partial charge in [-0.25, -0.2) is 32.6 Å². The van der Waals surface area contributed by atoms with Gasteiger partial charge in [0, 0.05) is 53.1 Å². The molecule has 4 aromatic rings. The summed E-state index contributed by atoms with van der Waals surface area (Å²) >= 11 is 0. The molecule has 4 aliphatic rings. The highest BCUT2D eigenvalue weighted by atomic mass is 19.1. The molecule has 4 aliphatic heterocycles. The van der Waals surface area contributed by atoms with E-state index >= 15 is 8.78 Å². The molecule has 0 bridgehead atoms. The molecule has 8 rings (SSSR count). The predicted molar refractivity (Wildman–Crippen MR) is 254 cm³/mol. The summed E-state index contributed by atoms with van der Waals surface area (Å²) in [6, 6.07) is 9.45. The minimum atomic E-state index is -0.566. The van der Waals surface area contributed by atoms with Crippen molar-refractivity contribution in [1.29, 1.82) is 0 Å². The average molecular weight is 993 g/mol. The second kappa shape index (κ2) is 24.4. The van der Waals surface area contributed by atoms with E-state index in [1.165, 1.54) is 42.0 Å². The number of amides is 4. The van der Waals surface area contributed by atoms with Crippen molar-refractivity contribution in [2.24, 2.45) is 11.8 Å². The Morgan fingerprint density at radius 2 is 1.18 bits per heavy atom. The molecular formula is C47H62F2N12O10. The van der Waals surface area contributed by atoms with Crippen molar-refractivity contribution in [3.8, 4) is 0 Å². The third-order valence-electron chi connectivity index (χ3n) is 12.3. The molecule has 0 spiro atoms. The van der Waals surface area contributed by atoms with Crippen LogP contribution >= 0.6 is 0 Å². The lowest BCUT2D eigenvalue weighted by molar-refractivity contribution is -0.120. The fourth-order valence-electron chi connectivity index (χ4n) is 8.70. The summed E-state index contributed by atoms with van der Waals surface area (Å²) < 4.78 is 53.8. The number of hydrogen-bond donors (Lipinski definition) is 2. The molecule has 22 nitrogen and oxygen atoms in total. The lowest BCUT2D eigenvalue weighted by Gasteiger charge is -2.34. The van der Waals surface area contributed by atoms with Gasteiger partial charge in [-0.15, -0.1) is 10.2 Å². The summed E-state index contributed by atoms with van der Waals surface area (Å²) in [7, 11) is 0. The lowest BCUT2D eigenvalue weighted by Crippen LogP contribution is -2.36. The summed E-state index contributed by atoms with van der Waals surface area (Å²) in [6.45, 7) is 11.5. The number of nitrogens with zero attached hydrogens (tertiary/aromatic N) is 10. The average Bonchev–Trinajstić information content (AvgIpc) is 4.16. The number of aromatic nitrogens is 6. The summed E-state index contributed by atoms with van der Waals surface area (Å²) in [5, 5.41) is 21.0. The van der Waals surface area contributed by atoms with Gasteiger partial charge < -0.3 is 39.4 Å². The number of carbonyl (C=O) groups excluding carboxylic acids is 6. The SMILES string of the molecule is C.CCOC(=O)c1cn(CC2CCN(c3ccc(N4C[C@H](CNC(C)=O)OC4=O)cc3F)CC2)nn1.CCOC(=O)c1cnnn1CC1CCN(c2ccc(N3C[C@H](CNC(C)=O)OC3=O)cc2F)CC1. The monoisotopic (exact) mass is 992 g/mol. The molecule has 0 unspecified atom stereocenters. The van der Waals surface area contributed by atoms with Gasteiger partial charge in [-0.3, -0.25) is 24.1 Å². The van der Waals surface area contributed by atoms with E-state index in [0.29, 0.717) is 73.6 Å². The first kappa shape index (κ1) is 53.0. The number of carbonyl (C=O) groups is 6. The van der Waals surface area contributed by atoms with Crippen LogP contribution in [0, 0.1) is 23.5 Å². The Hall–Kier alpha value is -7.40. The smallest absolute Gasteiger partial charge is 0.414 e. The van der Waals surface area contributed by atoms with Crippen LogP contribution < -0.4 is 30.2 Å². The second-order valence-corrected chi connectivity index (χ2v) is 17.3. The second-order valence-electron chi connectivity index (χ2n) is 17.3. The van der Waals surface area contributed by atoms with Gasteiger partial charge in [0.25, 0.3) is 0 Å². The highest BCUT2D eigenvalue weighted by Gasteiger charge is 2.35. The van der Waals surface area contributed by atoms with Crippen molar-refractivity contribution in [3.63, 3.8) is 0 Å². The summed E-state index contributed by atoms with van der Waals surface area (Å²) in [4.78, 5) is 77.1. The van der Waals surface area contributed by atoms with Crippen LogP contribution in [-0.2, 0) is 41.6 Å². The Labute approximate surface area is 409 Å². The Kier molecular flexibility index (Phi) is 18.2. The largest absolute Gasteiger partial charge is 0.461 e. The van der Waals surface area contributed by atoms with Crippen LogP contribution in [0.15, 0.2) is 48.8 Å². The molecule has 24 heteroatoms. The van der Waals surface area contributed by atoms with Crippen molar-refractivity contribution >= 4 is 58.7 Å². The molecule has 4 saturated heterocycles. The first-order chi connectivity index (χ1) is 33.7. The van der Waals surface area contributed by atoms with Crippen molar-refractivity contribution in [2.45, 2.75) is 86.1 Å². The third-order valence-corrected chi connectivity index (χ3v) is 12.3. The van der Waals surface area contributed by atoms with Crippen molar-refractivity contribution in [3.05, 3.63) is 71.8 Å². The fraction of sp³-hybridized carbons (Fsp3) is 0.532. The number of esters is 2. The lowest BCUT2D eigenvalue weighted by atomic mass is 9.96. The van der Waals surface area contributed by atoms with Crippen LogP contribution in [0.4, 0.5) is 41.1 Å². The van der Waals surface area contributed by atoms with Gasteiger partial charge in [0.1, 0.15) is 23.8 Å². The van der Waals surface area contributed by atoms with E-state index < -0.39 is 48.0 Å². The minimum Gasteiger partial charge on any atom is -0.461 e. The zero-order valence-corrected chi connectivity index (χ0v) is 39.6. The van der Waals surface area contributed by atoms with Crippen LogP contribution in [0.3, 0.4) is 0 Å². The third kappa shape index (κ3) is 13.7. The molecule has 384 valence electrons. The standard InChI is InChI=1S/2C23H29FN6O5.CH4/c1-3-34-22(32)21-12-26-27-30(21)13-16-6-8-28(9-7-16)20-5-4-17(10-19(20)24)29-14-18(35-23(29)33)11-25-15(2)31;1-3-34-22(32)20-14-29(27-26-20)12-16-6-8-28(9-7-16)21-5-4-17(10-19(21)24)30-13-18(35-23(30)33)11-25-15(2)31;/h4-5,10,12,16,18H,3,6-9,11,13-14H2,1-2H3,(H,25,31);4-5,10,14,16,18H,3,6-9,11-13H2,1-2H3,(H,25,31);1H4/t2*18-;/m00./s1. The molecule has 0 aliphatic carbocycles. The van der Waals surface area contributed by atoms with Gasteiger partial charge in [-0.2, -0.15) is 0 Å². The molecule has 2 aromatic heterocycles. The molecule has 2 aromatic carbocycles. The Bertz CT molecular complexity index is 2510. The number of rotatable bonds is 16. The number of benzene rings is 2. The molecule has 0 radical (unpaired) electrons. The quantitative estimate of drug-likeness (QED) is 0.115. The molecular weight excluding hydrogens is 931 g/mol. The highest BCUT2D eigenvalue weighted by molar-refractivity contribution is 5.91. The Morgan fingerprint density at radius 3 is 1.65 bits per heavy atom. The number of cyclic esters (lactones) is 2. The van der Waals surface area contributed by atoms with Crippen LogP contribution in [0.2, 0.25) is 0 Å². The highest BCUT2D eigenvalue weighted by Crippen LogP contribution is 2.33. The van der Waals surface area contributed by atoms with Crippen molar-refractivity contribution in [1.82, 2.24) is 40.6 Å². The summed E-state index contributed by atoms with van der Waals surface area (Å²) in [5.74, 6) is -1.58. The van der Waals surface area contributed by atoms with E-state index in [4.69, 9.17) is 18.9 Å². The number of hydrogen-bond acceptors (Lipinski definition) is 16. The molecule has 2 atom stereocenters. The topological polar surface area (TPSA) is 238 Å². The van der Waals surface area contributed by atoms with E-state index in [9.17, 15) is 28.8 Å². The Balaban J connectivity index is 0.000000229. The number of nitrogens with one attached hydrogen (secondary N) is 2. The molecule has 2 N–H and O–H groups in total. The molecule has 4 fully saturated rings. The van der Waals surface area contributed by atoms with E-state index in [1.54, 1.807) is 53.7 Å². The van der Waals surface area contributed by atoms with Crippen LogP contribution in [0.1, 0.15) is 81.8 Å². The Morgan fingerprint density at radius 1 is 0.704 bits per heavy atom. The number of piperidine rings is 2. The predicted octanol–water partition coefficient (Wildman–Crippen LogP) is 4.58. The van der Waals surface area contributed by atoms with Gasteiger partial charge in [0.05, 0.1) is 74.5 Å². The zero-order chi connectivity index (χ0) is 49.9. The number of ether oxygens (including phenoxy) is 4. The molecule has 0 saturated carbocycles. The normalized spacial score (nSPS) is 18.2. The van der Waals surface area contributed by atoms with Crippen molar-refractivity contribution in [2.75, 3.05) is 85.2 Å². The van der Waals surface area contributed by atoms with Crippen LogP contribution in [0.5, 0.6) is 0 Å². The van der Waals surface area contributed by atoms with Crippen LogP contribution in [-0.4, -0.2) is 144 Å². The first-order valence-corrected chi connectivity index (χ1v) is 23.4. The van der Waals surface area contributed by atoms with E-state index in [-0.39, 0.29) is 70.2 Å². The summed E-state index contributed by atoms with van der Waals surface area (Å²) in [5.41, 5.74) is 2.31. The first-order valence-electron chi connectivity index (χ1n) is 23.4.